The van der Waals surface area contributed by atoms with E-state index in [1.807, 2.05) is 28.7 Å². The van der Waals surface area contributed by atoms with Crippen LogP contribution in [-0.4, -0.2) is 10.3 Å². The fourth-order valence-corrected chi connectivity index (χ4v) is 1.20. The highest BCUT2D eigenvalue weighted by molar-refractivity contribution is 14.1. The highest BCUT2D eigenvalue weighted by atomic mass is 127. The number of rotatable bonds is 2. The maximum absolute atomic E-state index is 11.1. The molecule has 0 radical (unpaired) electrons. The van der Waals surface area contributed by atoms with E-state index in [1.165, 1.54) is 0 Å². The van der Waals surface area contributed by atoms with Gasteiger partial charge in [0.25, 0.3) is 0 Å². The molecular formula is C9H9IN2O2. The number of furan rings is 1. The Labute approximate surface area is 95.4 Å². The van der Waals surface area contributed by atoms with E-state index in [0.29, 0.717) is 15.8 Å². The van der Waals surface area contributed by atoms with Gasteiger partial charge in [-0.25, -0.2) is 0 Å². The van der Waals surface area contributed by atoms with Gasteiger partial charge in [-0.1, -0.05) is 22.6 Å². The molecule has 0 aromatic carbocycles. The van der Waals surface area contributed by atoms with Crippen LogP contribution in [-0.2, 0) is 4.79 Å². The van der Waals surface area contributed by atoms with Crippen molar-refractivity contribution in [3.63, 3.8) is 0 Å². The van der Waals surface area contributed by atoms with Crippen LogP contribution in [0.25, 0.3) is 0 Å². The van der Waals surface area contributed by atoms with Crippen molar-refractivity contribution in [1.82, 2.24) is 0 Å². The number of halogens is 1. The van der Waals surface area contributed by atoms with Crippen molar-refractivity contribution in [1.29, 1.82) is 5.26 Å². The van der Waals surface area contributed by atoms with Gasteiger partial charge in [-0.05, 0) is 13.8 Å². The number of hydrogen-bond donors (Lipinski definition) is 1. The highest BCUT2D eigenvalue weighted by Crippen LogP contribution is 2.25. The van der Waals surface area contributed by atoms with Crippen LogP contribution in [0.4, 0.5) is 5.88 Å². The average molecular weight is 304 g/mol. The molecule has 1 aromatic rings. The fourth-order valence-electron chi connectivity index (χ4n) is 1.01. The number of alkyl halides is 1. The van der Waals surface area contributed by atoms with E-state index in [1.54, 1.807) is 13.8 Å². The van der Waals surface area contributed by atoms with Gasteiger partial charge in [-0.2, -0.15) is 5.26 Å². The molecule has 1 amide bonds. The van der Waals surface area contributed by atoms with E-state index >= 15 is 0 Å². The predicted molar refractivity (Wildman–Crippen MR) is 60.4 cm³/mol. The summed E-state index contributed by atoms with van der Waals surface area (Å²) in [6.07, 6.45) is 0. The van der Waals surface area contributed by atoms with Gasteiger partial charge in [0.15, 0.2) is 0 Å². The largest absolute Gasteiger partial charge is 0.444 e. The Morgan fingerprint density at radius 1 is 1.64 bits per heavy atom. The van der Waals surface area contributed by atoms with Gasteiger partial charge in [-0.15, -0.1) is 0 Å². The molecule has 0 saturated heterocycles. The van der Waals surface area contributed by atoms with Gasteiger partial charge in [0.1, 0.15) is 17.4 Å². The standard InChI is InChI=1S/C9H9IN2O2/c1-5-6(2)14-9(7(5)4-11)12-8(13)3-10/h3H2,1-2H3,(H,12,13). The number of nitrogens with one attached hydrogen (secondary N) is 1. The molecular weight excluding hydrogens is 295 g/mol. The quantitative estimate of drug-likeness (QED) is 0.672. The monoisotopic (exact) mass is 304 g/mol. The molecule has 0 atom stereocenters. The first-order valence-electron chi connectivity index (χ1n) is 3.96. The molecule has 1 rings (SSSR count). The van der Waals surface area contributed by atoms with Gasteiger partial charge < -0.3 is 4.42 Å². The highest BCUT2D eigenvalue weighted by Gasteiger charge is 2.15. The second-order valence-corrected chi connectivity index (χ2v) is 3.54. The van der Waals surface area contributed by atoms with Crippen molar-refractivity contribution in [2.75, 3.05) is 9.74 Å². The SMILES string of the molecule is Cc1oc(NC(=O)CI)c(C#N)c1C. The summed E-state index contributed by atoms with van der Waals surface area (Å²) in [5.74, 6) is 0.741. The molecule has 0 bridgehead atoms. The Kier molecular flexibility index (Phi) is 3.52. The second-order valence-electron chi connectivity index (χ2n) is 2.78. The van der Waals surface area contributed by atoms with Gasteiger partial charge in [0, 0.05) is 5.56 Å². The molecule has 0 aliphatic carbocycles. The Bertz CT molecular complexity index is 404. The molecule has 0 spiro atoms. The van der Waals surface area contributed by atoms with Gasteiger partial charge in [-0.3, -0.25) is 10.1 Å². The van der Waals surface area contributed by atoms with E-state index in [2.05, 4.69) is 5.32 Å². The molecule has 4 nitrogen and oxygen atoms in total. The second kappa shape index (κ2) is 4.46. The summed E-state index contributed by atoms with van der Waals surface area (Å²) in [6, 6.07) is 2.00. The van der Waals surface area contributed by atoms with Crippen LogP contribution in [0.3, 0.4) is 0 Å². The molecule has 74 valence electrons. The molecule has 0 unspecified atom stereocenters. The lowest BCUT2D eigenvalue weighted by molar-refractivity contribution is -0.113. The van der Waals surface area contributed by atoms with Crippen molar-refractivity contribution in [2.45, 2.75) is 13.8 Å². The number of carbonyl (C=O) groups excluding carboxylic acids is 1. The predicted octanol–water partition coefficient (Wildman–Crippen LogP) is 2.14. The molecule has 14 heavy (non-hydrogen) atoms. The lowest BCUT2D eigenvalue weighted by atomic mass is 10.2. The van der Waals surface area contributed by atoms with Crippen LogP contribution in [0.15, 0.2) is 4.42 Å². The summed E-state index contributed by atoms with van der Waals surface area (Å²) in [7, 11) is 0. The summed E-state index contributed by atoms with van der Waals surface area (Å²) in [6.45, 7) is 3.55. The summed E-state index contributed by atoms with van der Waals surface area (Å²) < 4.78 is 5.59. The Morgan fingerprint density at radius 3 is 2.79 bits per heavy atom. The smallest absolute Gasteiger partial charge is 0.236 e. The number of nitriles is 1. The van der Waals surface area contributed by atoms with Crippen molar-refractivity contribution in [3.05, 3.63) is 16.9 Å². The number of amides is 1. The number of nitrogens with zero attached hydrogens (tertiary/aromatic N) is 1. The van der Waals surface area contributed by atoms with E-state index in [-0.39, 0.29) is 11.8 Å². The molecule has 1 heterocycles. The summed E-state index contributed by atoms with van der Waals surface area (Å²) in [5.41, 5.74) is 1.18. The summed E-state index contributed by atoms with van der Waals surface area (Å²) in [4.78, 5) is 11.1. The first-order valence-corrected chi connectivity index (χ1v) is 5.48. The molecule has 1 aromatic heterocycles. The average Bonchev–Trinajstić information content (AvgIpc) is 2.42. The zero-order valence-electron chi connectivity index (χ0n) is 7.85. The fraction of sp³-hybridized carbons (Fsp3) is 0.333. The number of hydrogen-bond acceptors (Lipinski definition) is 3. The minimum Gasteiger partial charge on any atom is -0.444 e. The van der Waals surface area contributed by atoms with Gasteiger partial charge >= 0.3 is 0 Å². The maximum atomic E-state index is 11.1. The van der Waals surface area contributed by atoms with Crippen LogP contribution in [0, 0.1) is 25.2 Å². The zero-order valence-corrected chi connectivity index (χ0v) is 10.0. The van der Waals surface area contributed by atoms with Crippen LogP contribution in [0.5, 0.6) is 0 Å². The molecule has 0 saturated carbocycles. The Hall–Kier alpha value is -1.03. The topological polar surface area (TPSA) is 66.0 Å². The zero-order chi connectivity index (χ0) is 10.7. The van der Waals surface area contributed by atoms with E-state index in [0.717, 1.165) is 5.56 Å². The Balaban J connectivity index is 3.04. The number of aryl methyl sites for hydroxylation is 1. The third-order valence-electron chi connectivity index (χ3n) is 1.87. The van der Waals surface area contributed by atoms with Crippen LogP contribution >= 0.6 is 22.6 Å². The number of carbonyl (C=O) groups is 1. The van der Waals surface area contributed by atoms with Crippen molar-refractivity contribution >= 4 is 34.4 Å². The first kappa shape index (κ1) is 11.0. The first-order chi connectivity index (χ1) is 6.60. The molecule has 5 heteroatoms. The van der Waals surface area contributed by atoms with Crippen LogP contribution < -0.4 is 5.32 Å². The lowest BCUT2D eigenvalue weighted by Crippen LogP contribution is -2.12. The molecule has 0 aliphatic heterocycles. The van der Waals surface area contributed by atoms with Gasteiger partial charge in [0.2, 0.25) is 11.8 Å². The normalized spacial score (nSPS) is 9.57. The van der Waals surface area contributed by atoms with E-state index < -0.39 is 0 Å². The van der Waals surface area contributed by atoms with Crippen LogP contribution in [0.2, 0.25) is 0 Å². The van der Waals surface area contributed by atoms with E-state index in [4.69, 9.17) is 9.68 Å². The minimum atomic E-state index is -0.171. The molecule has 0 fully saturated rings. The van der Waals surface area contributed by atoms with Gasteiger partial charge in [0.05, 0.1) is 4.43 Å². The third kappa shape index (κ3) is 2.07. The number of anilines is 1. The molecule has 1 N–H and O–H groups in total. The Morgan fingerprint density at radius 2 is 2.29 bits per heavy atom. The van der Waals surface area contributed by atoms with Crippen molar-refractivity contribution < 1.29 is 9.21 Å². The van der Waals surface area contributed by atoms with Crippen LogP contribution in [0.1, 0.15) is 16.9 Å². The third-order valence-corrected chi connectivity index (χ3v) is 2.56. The van der Waals surface area contributed by atoms with E-state index in [9.17, 15) is 4.79 Å². The summed E-state index contributed by atoms with van der Waals surface area (Å²) in [5, 5.41) is 11.4. The maximum Gasteiger partial charge on any atom is 0.236 e. The molecule has 0 aliphatic rings. The summed E-state index contributed by atoms with van der Waals surface area (Å²) >= 11 is 1.94. The van der Waals surface area contributed by atoms with Crippen molar-refractivity contribution in [3.8, 4) is 6.07 Å². The van der Waals surface area contributed by atoms with Crippen molar-refractivity contribution in [2.24, 2.45) is 0 Å². The lowest BCUT2D eigenvalue weighted by Gasteiger charge is -1.97. The minimum absolute atomic E-state index is 0.171.